The van der Waals surface area contributed by atoms with Crippen molar-refractivity contribution in [3.63, 3.8) is 0 Å². The summed E-state index contributed by atoms with van der Waals surface area (Å²) in [5.41, 5.74) is 2.11. The Morgan fingerprint density at radius 3 is 2.85 bits per heavy atom. The van der Waals surface area contributed by atoms with Crippen LogP contribution in [0.5, 0.6) is 0 Å². The van der Waals surface area contributed by atoms with Crippen molar-refractivity contribution >= 4 is 11.9 Å². The number of carboxylic acid groups (broad SMARTS) is 1. The molecule has 0 saturated carbocycles. The lowest BCUT2D eigenvalue weighted by molar-refractivity contribution is -0.147. The summed E-state index contributed by atoms with van der Waals surface area (Å²) in [5, 5.41) is 13.8. The fourth-order valence-electron chi connectivity index (χ4n) is 3.62. The molecule has 0 radical (unpaired) electrons. The van der Waals surface area contributed by atoms with Gasteiger partial charge in [0.15, 0.2) is 11.7 Å². The minimum absolute atomic E-state index is 0.0444. The molecule has 1 atom stereocenters. The van der Waals surface area contributed by atoms with E-state index in [1.807, 2.05) is 0 Å². The zero-order chi connectivity index (χ0) is 18.3. The molecule has 1 unspecified atom stereocenters. The number of nitrogens with zero attached hydrogens (tertiary/aromatic N) is 3. The highest BCUT2D eigenvalue weighted by Gasteiger charge is 2.37. The number of rotatable bonds is 3. The first-order valence-corrected chi connectivity index (χ1v) is 8.55. The van der Waals surface area contributed by atoms with Crippen molar-refractivity contribution in [3.05, 3.63) is 47.0 Å². The van der Waals surface area contributed by atoms with Gasteiger partial charge in [-0.15, -0.1) is 0 Å². The van der Waals surface area contributed by atoms with Crippen LogP contribution in [0.2, 0.25) is 0 Å². The third kappa shape index (κ3) is 2.66. The van der Waals surface area contributed by atoms with Gasteiger partial charge in [0.2, 0.25) is 0 Å². The highest BCUT2D eigenvalue weighted by molar-refractivity contribution is 5.97. The lowest BCUT2D eigenvalue weighted by Gasteiger charge is -2.32. The molecule has 0 spiro atoms. The minimum atomic E-state index is -1.11. The number of carboxylic acids is 1. The van der Waals surface area contributed by atoms with Crippen LogP contribution in [0.3, 0.4) is 0 Å². The lowest BCUT2D eigenvalue weighted by atomic mass is 10.1. The largest absolute Gasteiger partial charge is 0.480 e. The van der Waals surface area contributed by atoms with Gasteiger partial charge in [0.25, 0.3) is 5.91 Å². The Labute approximate surface area is 149 Å². The molecule has 0 bridgehead atoms. The van der Waals surface area contributed by atoms with Gasteiger partial charge in [-0.2, -0.15) is 5.10 Å². The summed E-state index contributed by atoms with van der Waals surface area (Å²) >= 11 is 0. The molecule has 7 nitrogen and oxygen atoms in total. The number of aliphatic carboxylic acids is 1. The smallest absolute Gasteiger partial charge is 0.328 e. The van der Waals surface area contributed by atoms with Crippen molar-refractivity contribution < 1.29 is 23.8 Å². The Balaban J connectivity index is 1.76. The molecule has 1 aromatic heterocycles. The van der Waals surface area contributed by atoms with Crippen LogP contribution in [0.15, 0.2) is 24.3 Å². The number of hydrogen-bond donors (Lipinski definition) is 1. The molecule has 2 aliphatic rings. The highest BCUT2D eigenvalue weighted by atomic mass is 19.1. The minimum Gasteiger partial charge on any atom is -0.480 e. The molecule has 2 heterocycles. The number of ether oxygens (including phenoxy) is 1. The van der Waals surface area contributed by atoms with E-state index in [-0.39, 0.29) is 25.5 Å². The van der Waals surface area contributed by atoms with Gasteiger partial charge < -0.3 is 14.7 Å². The highest BCUT2D eigenvalue weighted by Crippen LogP contribution is 2.30. The van der Waals surface area contributed by atoms with Crippen LogP contribution in [0.25, 0.3) is 5.69 Å². The average Bonchev–Trinajstić information content (AvgIpc) is 3.24. The molecule has 1 aliphatic carbocycles. The fraction of sp³-hybridized carbons (Fsp3) is 0.389. The zero-order valence-electron chi connectivity index (χ0n) is 14.0. The van der Waals surface area contributed by atoms with Gasteiger partial charge in [0.1, 0.15) is 11.5 Å². The molecule has 1 aliphatic heterocycles. The number of hydrogen-bond acceptors (Lipinski definition) is 4. The number of para-hydroxylation sites is 1. The molecule has 136 valence electrons. The van der Waals surface area contributed by atoms with E-state index >= 15 is 0 Å². The summed E-state index contributed by atoms with van der Waals surface area (Å²) in [6.07, 6.45) is 2.23. The maximum absolute atomic E-state index is 14.2. The summed E-state index contributed by atoms with van der Waals surface area (Å²) in [4.78, 5) is 25.8. The Morgan fingerprint density at radius 2 is 2.08 bits per heavy atom. The molecule has 1 fully saturated rings. The van der Waals surface area contributed by atoms with E-state index in [2.05, 4.69) is 5.10 Å². The van der Waals surface area contributed by atoms with Crippen molar-refractivity contribution in [3.8, 4) is 5.69 Å². The normalized spacial score (nSPS) is 19.4. The van der Waals surface area contributed by atoms with Crippen molar-refractivity contribution in [2.75, 3.05) is 19.8 Å². The van der Waals surface area contributed by atoms with Crippen LogP contribution in [-0.4, -0.2) is 57.5 Å². The van der Waals surface area contributed by atoms with E-state index in [4.69, 9.17) is 4.74 Å². The lowest BCUT2D eigenvalue weighted by Crippen LogP contribution is -2.52. The quantitative estimate of drug-likeness (QED) is 0.896. The van der Waals surface area contributed by atoms with Gasteiger partial charge in [0.05, 0.1) is 13.2 Å². The number of halogens is 1. The van der Waals surface area contributed by atoms with E-state index in [0.717, 1.165) is 17.7 Å². The monoisotopic (exact) mass is 359 g/mol. The second-order valence-electron chi connectivity index (χ2n) is 6.42. The average molecular weight is 359 g/mol. The molecule has 4 rings (SSSR count). The first-order chi connectivity index (χ1) is 12.6. The van der Waals surface area contributed by atoms with Crippen molar-refractivity contribution in [1.29, 1.82) is 0 Å². The van der Waals surface area contributed by atoms with Gasteiger partial charge in [-0.1, -0.05) is 12.1 Å². The molecular formula is C18H18FN3O4. The number of aromatic nitrogens is 2. The van der Waals surface area contributed by atoms with Crippen LogP contribution in [0.1, 0.15) is 28.2 Å². The van der Waals surface area contributed by atoms with Crippen LogP contribution in [0.4, 0.5) is 4.39 Å². The van der Waals surface area contributed by atoms with E-state index in [1.165, 1.54) is 15.6 Å². The van der Waals surface area contributed by atoms with E-state index in [1.54, 1.807) is 18.2 Å². The van der Waals surface area contributed by atoms with Gasteiger partial charge in [-0.25, -0.2) is 13.9 Å². The van der Waals surface area contributed by atoms with E-state index in [0.29, 0.717) is 18.5 Å². The van der Waals surface area contributed by atoms with Gasteiger partial charge in [0, 0.05) is 17.8 Å². The topological polar surface area (TPSA) is 84.7 Å². The third-order valence-corrected chi connectivity index (χ3v) is 4.89. The molecule has 2 aromatic rings. The number of fused-ring (bicyclic) bond motifs is 1. The van der Waals surface area contributed by atoms with Crippen LogP contribution in [-0.2, 0) is 22.4 Å². The number of morpholine rings is 1. The molecular weight excluding hydrogens is 341 g/mol. The van der Waals surface area contributed by atoms with E-state index in [9.17, 15) is 19.1 Å². The van der Waals surface area contributed by atoms with Crippen molar-refractivity contribution in [2.45, 2.75) is 25.3 Å². The van der Waals surface area contributed by atoms with Gasteiger partial charge in [-0.05, 0) is 31.4 Å². The number of carbonyl (C=O) groups excluding carboxylic acids is 1. The van der Waals surface area contributed by atoms with E-state index < -0.39 is 23.7 Å². The Morgan fingerprint density at radius 1 is 1.27 bits per heavy atom. The first-order valence-electron chi connectivity index (χ1n) is 8.55. The Bertz CT molecular complexity index is 879. The Kier molecular flexibility index (Phi) is 4.20. The zero-order valence-corrected chi connectivity index (χ0v) is 14.0. The summed E-state index contributed by atoms with van der Waals surface area (Å²) in [6, 6.07) is 5.24. The Hall–Kier alpha value is -2.74. The number of amides is 1. The molecule has 1 amide bonds. The van der Waals surface area contributed by atoms with Crippen LogP contribution >= 0.6 is 0 Å². The number of carbonyl (C=O) groups is 2. The van der Waals surface area contributed by atoms with Crippen LogP contribution < -0.4 is 0 Å². The predicted octanol–water partition coefficient (Wildman–Crippen LogP) is 1.43. The maximum atomic E-state index is 14.2. The number of benzene rings is 1. The van der Waals surface area contributed by atoms with Crippen molar-refractivity contribution in [1.82, 2.24) is 14.7 Å². The summed E-state index contributed by atoms with van der Waals surface area (Å²) in [7, 11) is 0. The standard InChI is InChI=1S/C18H18FN3O4/c19-12-5-1-2-6-14(12)22-13-7-3-4-11(13)16(20-22)17(23)21-8-9-26-10-15(21)18(24)25/h1-2,5-6,15H,3-4,7-10H2,(H,24,25). The summed E-state index contributed by atoms with van der Waals surface area (Å²) < 4.78 is 20.9. The van der Waals surface area contributed by atoms with Gasteiger partial charge in [-0.3, -0.25) is 4.79 Å². The second kappa shape index (κ2) is 6.53. The summed E-state index contributed by atoms with van der Waals surface area (Å²) in [6.45, 7) is 0.431. The SMILES string of the molecule is O=C(O)C1COCCN1C(=O)c1nn(-c2ccccc2F)c2c1CCC2. The second-order valence-corrected chi connectivity index (χ2v) is 6.42. The summed E-state index contributed by atoms with van der Waals surface area (Å²) in [5.74, 6) is -1.96. The third-order valence-electron chi connectivity index (χ3n) is 4.89. The molecule has 1 saturated heterocycles. The maximum Gasteiger partial charge on any atom is 0.328 e. The predicted molar refractivity (Wildman–Crippen MR) is 88.8 cm³/mol. The molecule has 8 heteroatoms. The molecule has 26 heavy (non-hydrogen) atoms. The van der Waals surface area contributed by atoms with Crippen LogP contribution in [0, 0.1) is 5.82 Å². The first kappa shape index (κ1) is 16.7. The fourth-order valence-corrected chi connectivity index (χ4v) is 3.62. The van der Waals surface area contributed by atoms with Crippen molar-refractivity contribution in [2.24, 2.45) is 0 Å². The van der Waals surface area contributed by atoms with Gasteiger partial charge >= 0.3 is 5.97 Å². The molecule has 1 aromatic carbocycles. The molecule has 1 N–H and O–H groups in total.